The Balaban J connectivity index is 2.14. The van der Waals surface area contributed by atoms with Crippen molar-refractivity contribution in [3.8, 4) is 0 Å². The van der Waals surface area contributed by atoms with Gasteiger partial charge in [0.25, 0.3) is 0 Å². The van der Waals surface area contributed by atoms with Crippen molar-refractivity contribution in [2.45, 2.75) is 46.1 Å². The number of benzene rings is 1. The molecule has 0 radical (unpaired) electrons. The van der Waals surface area contributed by atoms with Crippen LogP contribution in [0.2, 0.25) is 0 Å². The van der Waals surface area contributed by atoms with Gasteiger partial charge in [0.15, 0.2) is 0 Å². The van der Waals surface area contributed by atoms with Crippen LogP contribution in [0.4, 0.5) is 13.2 Å². The Morgan fingerprint density at radius 1 is 1.38 bits per heavy atom. The molecule has 1 aromatic heterocycles. The van der Waals surface area contributed by atoms with Gasteiger partial charge in [-0.1, -0.05) is 11.6 Å². The zero-order valence-electron chi connectivity index (χ0n) is 13.9. The van der Waals surface area contributed by atoms with E-state index in [1.54, 1.807) is 4.57 Å². The average Bonchev–Trinajstić information content (AvgIpc) is 2.69. The van der Waals surface area contributed by atoms with E-state index in [1.165, 1.54) is 6.07 Å². The minimum Gasteiger partial charge on any atom is -0.306 e. The smallest absolute Gasteiger partial charge is 0.306 e. The third kappa shape index (κ3) is 3.00. The van der Waals surface area contributed by atoms with Gasteiger partial charge in [0.1, 0.15) is 0 Å². The Morgan fingerprint density at radius 2 is 2.08 bits per heavy atom. The number of H-pyrrole nitrogens is 1. The number of nitrogens with one attached hydrogen (secondary N) is 1. The second kappa shape index (κ2) is 5.81. The molecule has 0 amide bonds. The Hall–Kier alpha value is -2.02. The van der Waals surface area contributed by atoms with E-state index in [4.69, 9.17) is 0 Å². The van der Waals surface area contributed by atoms with Crippen LogP contribution in [0.5, 0.6) is 0 Å². The fraction of sp³-hybridized carbons (Fsp3) is 0.471. The van der Waals surface area contributed by atoms with Crippen LogP contribution in [0.1, 0.15) is 31.9 Å². The number of nitrogens with zero attached hydrogens (tertiary/aromatic N) is 2. The van der Waals surface area contributed by atoms with Crippen molar-refractivity contribution in [1.82, 2.24) is 14.5 Å². The molecule has 1 N–H and O–H groups in total. The standard InChI is InChI=1S/C17H20F3N3O/c1-10(2)4-5-22-9-12-6-13(17(18,19)20)7-14-15(12)23(8-11(22)3)16(24)21-14/h4,6-7,11H,5,8-9H2,1-3H3,(H,21,24)/t11-/m0/s1. The second-order valence-electron chi connectivity index (χ2n) is 6.63. The number of hydrogen-bond acceptors (Lipinski definition) is 2. The Labute approximate surface area is 137 Å². The molecule has 2 heterocycles. The molecule has 2 aromatic rings. The number of rotatable bonds is 2. The number of allylic oxidation sites excluding steroid dienone is 1. The topological polar surface area (TPSA) is 41.0 Å². The van der Waals surface area contributed by atoms with E-state index in [0.29, 0.717) is 30.7 Å². The van der Waals surface area contributed by atoms with E-state index in [1.807, 2.05) is 26.8 Å². The molecule has 0 saturated carbocycles. The van der Waals surface area contributed by atoms with Gasteiger partial charge in [-0.15, -0.1) is 0 Å². The fourth-order valence-corrected chi connectivity index (χ4v) is 3.15. The van der Waals surface area contributed by atoms with Gasteiger partial charge in [-0.3, -0.25) is 9.47 Å². The van der Waals surface area contributed by atoms with Crippen LogP contribution >= 0.6 is 0 Å². The summed E-state index contributed by atoms with van der Waals surface area (Å²) in [4.78, 5) is 16.8. The minimum absolute atomic E-state index is 0.0408. The Morgan fingerprint density at radius 3 is 2.71 bits per heavy atom. The SMILES string of the molecule is CC(C)=CCN1Cc2cc(C(F)(F)F)cc3[nH]c(=O)n(c23)C[C@@H]1C. The van der Waals surface area contributed by atoms with E-state index in [0.717, 1.165) is 11.6 Å². The summed E-state index contributed by atoms with van der Waals surface area (Å²) in [7, 11) is 0. The summed E-state index contributed by atoms with van der Waals surface area (Å²) in [6.07, 6.45) is -2.39. The molecule has 0 spiro atoms. The van der Waals surface area contributed by atoms with Gasteiger partial charge < -0.3 is 4.98 Å². The fourth-order valence-electron chi connectivity index (χ4n) is 3.15. The normalized spacial score (nSPS) is 18.7. The highest BCUT2D eigenvalue weighted by Gasteiger charge is 2.33. The van der Waals surface area contributed by atoms with Crippen LogP contribution < -0.4 is 5.69 Å². The van der Waals surface area contributed by atoms with Gasteiger partial charge in [-0.05, 0) is 38.5 Å². The zero-order valence-corrected chi connectivity index (χ0v) is 13.9. The lowest BCUT2D eigenvalue weighted by Gasteiger charge is -2.26. The van der Waals surface area contributed by atoms with Crippen LogP contribution in [-0.2, 0) is 19.3 Å². The quantitative estimate of drug-likeness (QED) is 0.851. The van der Waals surface area contributed by atoms with Crippen molar-refractivity contribution in [3.63, 3.8) is 0 Å². The summed E-state index contributed by atoms with van der Waals surface area (Å²) < 4.78 is 41.0. The van der Waals surface area contributed by atoms with Gasteiger partial charge in [-0.2, -0.15) is 13.2 Å². The molecule has 4 nitrogen and oxygen atoms in total. The lowest BCUT2D eigenvalue weighted by atomic mass is 10.1. The van der Waals surface area contributed by atoms with Crippen molar-refractivity contribution in [2.75, 3.05) is 6.54 Å². The monoisotopic (exact) mass is 339 g/mol. The van der Waals surface area contributed by atoms with E-state index < -0.39 is 11.7 Å². The molecule has 0 aliphatic carbocycles. The maximum Gasteiger partial charge on any atom is 0.416 e. The van der Waals surface area contributed by atoms with Crippen LogP contribution in [0.25, 0.3) is 11.0 Å². The number of imidazole rings is 1. The molecule has 1 aliphatic rings. The average molecular weight is 339 g/mol. The zero-order chi connectivity index (χ0) is 17.6. The van der Waals surface area contributed by atoms with E-state index in [2.05, 4.69) is 9.88 Å². The molecule has 0 bridgehead atoms. The molecular weight excluding hydrogens is 319 g/mol. The van der Waals surface area contributed by atoms with Crippen molar-refractivity contribution in [2.24, 2.45) is 0 Å². The largest absolute Gasteiger partial charge is 0.416 e. The number of aromatic nitrogens is 2. The van der Waals surface area contributed by atoms with Gasteiger partial charge >= 0.3 is 11.9 Å². The van der Waals surface area contributed by atoms with Gasteiger partial charge in [-0.25, -0.2) is 4.79 Å². The van der Waals surface area contributed by atoms with Crippen molar-refractivity contribution in [1.29, 1.82) is 0 Å². The van der Waals surface area contributed by atoms with Crippen LogP contribution in [0.15, 0.2) is 28.6 Å². The highest BCUT2D eigenvalue weighted by atomic mass is 19.4. The Bertz CT molecular complexity index is 856. The molecule has 1 atom stereocenters. The number of halogens is 3. The van der Waals surface area contributed by atoms with Crippen molar-refractivity contribution in [3.05, 3.63) is 45.4 Å². The van der Waals surface area contributed by atoms with Crippen molar-refractivity contribution >= 4 is 11.0 Å². The van der Waals surface area contributed by atoms with Crippen molar-refractivity contribution < 1.29 is 13.2 Å². The molecule has 0 unspecified atom stereocenters. The number of hydrogen-bond donors (Lipinski definition) is 1. The van der Waals surface area contributed by atoms with Gasteiger partial charge in [0.2, 0.25) is 0 Å². The molecule has 130 valence electrons. The summed E-state index contributed by atoms with van der Waals surface area (Å²) in [5.41, 5.74) is 1.43. The maximum atomic E-state index is 13.2. The number of alkyl halides is 3. The lowest BCUT2D eigenvalue weighted by Crippen LogP contribution is -2.36. The summed E-state index contributed by atoms with van der Waals surface area (Å²) in [5, 5.41) is 0. The van der Waals surface area contributed by atoms with E-state index >= 15 is 0 Å². The first-order chi connectivity index (χ1) is 11.2. The Kier molecular flexibility index (Phi) is 4.07. The summed E-state index contributed by atoms with van der Waals surface area (Å²) >= 11 is 0. The first kappa shape index (κ1) is 16.8. The van der Waals surface area contributed by atoms with E-state index in [-0.39, 0.29) is 17.2 Å². The highest BCUT2D eigenvalue weighted by Crippen LogP contribution is 2.34. The third-order valence-electron chi connectivity index (χ3n) is 4.45. The van der Waals surface area contributed by atoms with Gasteiger partial charge in [0.05, 0.1) is 16.6 Å². The molecule has 1 aromatic carbocycles. The number of aromatic amines is 1. The van der Waals surface area contributed by atoms with E-state index in [9.17, 15) is 18.0 Å². The predicted molar refractivity (Wildman–Crippen MR) is 86.9 cm³/mol. The van der Waals surface area contributed by atoms with Crippen LogP contribution in [-0.4, -0.2) is 27.0 Å². The molecule has 0 fully saturated rings. The molecule has 0 saturated heterocycles. The molecule has 3 rings (SSSR count). The third-order valence-corrected chi connectivity index (χ3v) is 4.45. The molecule has 7 heteroatoms. The summed E-state index contributed by atoms with van der Waals surface area (Å²) in [5.74, 6) is 0. The summed E-state index contributed by atoms with van der Waals surface area (Å²) in [6.45, 7) is 7.43. The molecular formula is C17H20F3N3O. The highest BCUT2D eigenvalue weighted by molar-refractivity contribution is 5.80. The lowest BCUT2D eigenvalue weighted by molar-refractivity contribution is -0.137. The molecule has 1 aliphatic heterocycles. The van der Waals surface area contributed by atoms with Gasteiger partial charge in [0, 0.05) is 25.7 Å². The molecule has 24 heavy (non-hydrogen) atoms. The first-order valence-electron chi connectivity index (χ1n) is 7.87. The van der Waals surface area contributed by atoms with Crippen LogP contribution in [0.3, 0.4) is 0 Å². The maximum absolute atomic E-state index is 13.2. The first-order valence-corrected chi connectivity index (χ1v) is 7.87. The predicted octanol–water partition coefficient (Wildman–Crippen LogP) is 3.52. The second-order valence-corrected chi connectivity index (χ2v) is 6.63. The minimum atomic E-state index is -4.44. The van der Waals surface area contributed by atoms with Crippen LogP contribution in [0, 0.1) is 0 Å². The summed E-state index contributed by atoms with van der Waals surface area (Å²) in [6, 6.07) is 2.23.